The minimum absolute atomic E-state index is 0.300. The zero-order chi connectivity index (χ0) is 20.7. The lowest BCUT2D eigenvalue weighted by atomic mass is 10.1. The Morgan fingerprint density at radius 3 is 2.32 bits per heavy atom. The molecule has 7 nitrogen and oxygen atoms in total. The number of aryl methyl sites for hydroxylation is 1. The number of carbonyl (C=O) groups is 1. The lowest BCUT2D eigenvalue weighted by molar-refractivity contribution is 0.0951. The summed E-state index contributed by atoms with van der Waals surface area (Å²) >= 11 is 0. The predicted molar refractivity (Wildman–Crippen MR) is 110 cm³/mol. The first-order valence-corrected chi connectivity index (χ1v) is 10.9. The van der Waals surface area contributed by atoms with E-state index >= 15 is 0 Å². The van der Waals surface area contributed by atoms with Crippen LogP contribution in [0.1, 0.15) is 35.3 Å². The maximum absolute atomic E-state index is 12.5. The molecule has 0 saturated carbocycles. The molecular weight excluding hydrogens is 380 g/mol. The summed E-state index contributed by atoms with van der Waals surface area (Å²) in [6.07, 6.45) is 1.07. The molecule has 8 heteroatoms. The van der Waals surface area contributed by atoms with E-state index in [9.17, 15) is 13.2 Å². The molecule has 2 rings (SSSR count). The van der Waals surface area contributed by atoms with E-state index in [0.29, 0.717) is 42.5 Å². The third-order valence-corrected chi connectivity index (χ3v) is 4.45. The van der Waals surface area contributed by atoms with E-state index in [1.54, 1.807) is 19.1 Å². The summed E-state index contributed by atoms with van der Waals surface area (Å²) < 4.78 is 36.5. The van der Waals surface area contributed by atoms with Gasteiger partial charge < -0.3 is 14.8 Å². The Morgan fingerprint density at radius 2 is 1.68 bits per heavy atom. The van der Waals surface area contributed by atoms with Crippen molar-refractivity contribution < 1.29 is 22.7 Å². The molecule has 2 aromatic carbocycles. The highest BCUT2D eigenvalue weighted by molar-refractivity contribution is 7.92. The predicted octanol–water partition coefficient (Wildman–Crippen LogP) is 3.09. The summed E-state index contributed by atoms with van der Waals surface area (Å²) in [5.41, 5.74) is 2.35. The van der Waals surface area contributed by atoms with Gasteiger partial charge in [0.2, 0.25) is 10.0 Å². The van der Waals surface area contributed by atoms with E-state index in [0.717, 1.165) is 17.4 Å². The molecule has 0 aliphatic heterocycles. The van der Waals surface area contributed by atoms with Crippen molar-refractivity contribution in [2.75, 3.05) is 24.2 Å². The summed E-state index contributed by atoms with van der Waals surface area (Å²) in [6, 6.07) is 10.4. The maximum Gasteiger partial charge on any atom is 0.251 e. The molecular formula is C20H26N2O5S. The van der Waals surface area contributed by atoms with Gasteiger partial charge in [-0.25, -0.2) is 8.42 Å². The van der Waals surface area contributed by atoms with Crippen LogP contribution in [0.5, 0.6) is 11.5 Å². The van der Waals surface area contributed by atoms with Crippen molar-refractivity contribution >= 4 is 21.6 Å². The molecule has 2 aromatic rings. The van der Waals surface area contributed by atoms with Crippen molar-refractivity contribution in [2.45, 2.75) is 27.3 Å². The number of anilines is 1. The topological polar surface area (TPSA) is 93.7 Å². The van der Waals surface area contributed by atoms with Crippen LogP contribution < -0.4 is 19.5 Å². The Bertz CT molecular complexity index is 942. The number of amides is 1. The number of carbonyl (C=O) groups excluding carboxylic acids is 1. The largest absolute Gasteiger partial charge is 0.490 e. The minimum atomic E-state index is -3.42. The number of benzene rings is 2. The van der Waals surface area contributed by atoms with Gasteiger partial charge in [0.05, 0.1) is 25.2 Å². The van der Waals surface area contributed by atoms with Gasteiger partial charge in [0.15, 0.2) is 11.5 Å². The van der Waals surface area contributed by atoms with Gasteiger partial charge >= 0.3 is 0 Å². The summed E-state index contributed by atoms with van der Waals surface area (Å²) in [5.74, 6) is 0.990. The highest BCUT2D eigenvalue weighted by Gasteiger charge is 2.12. The van der Waals surface area contributed by atoms with Crippen LogP contribution in [0.3, 0.4) is 0 Å². The number of hydrogen-bond donors (Lipinski definition) is 2. The van der Waals surface area contributed by atoms with Crippen LogP contribution in [0.2, 0.25) is 0 Å². The van der Waals surface area contributed by atoms with E-state index in [4.69, 9.17) is 9.47 Å². The van der Waals surface area contributed by atoms with Crippen molar-refractivity contribution in [3.05, 3.63) is 53.1 Å². The second kappa shape index (κ2) is 9.45. The van der Waals surface area contributed by atoms with Gasteiger partial charge in [0.1, 0.15) is 0 Å². The van der Waals surface area contributed by atoms with Crippen LogP contribution in [-0.4, -0.2) is 33.8 Å². The molecule has 0 fully saturated rings. The number of rotatable bonds is 9. The van der Waals surface area contributed by atoms with Gasteiger partial charge in [0.25, 0.3) is 5.91 Å². The molecule has 0 heterocycles. The van der Waals surface area contributed by atoms with Crippen molar-refractivity contribution in [2.24, 2.45) is 0 Å². The average Bonchev–Trinajstić information content (AvgIpc) is 2.62. The molecule has 28 heavy (non-hydrogen) atoms. The molecule has 2 N–H and O–H groups in total. The molecule has 1 amide bonds. The van der Waals surface area contributed by atoms with Crippen molar-refractivity contribution in [1.82, 2.24) is 5.32 Å². The van der Waals surface area contributed by atoms with Crippen LogP contribution in [0.15, 0.2) is 36.4 Å². The fourth-order valence-electron chi connectivity index (χ4n) is 2.56. The highest BCUT2D eigenvalue weighted by atomic mass is 32.2. The van der Waals surface area contributed by atoms with Crippen molar-refractivity contribution in [1.29, 1.82) is 0 Å². The van der Waals surface area contributed by atoms with Crippen LogP contribution >= 0.6 is 0 Å². The van der Waals surface area contributed by atoms with E-state index in [2.05, 4.69) is 10.0 Å². The lowest BCUT2D eigenvalue weighted by Crippen LogP contribution is -2.23. The molecule has 0 aromatic heterocycles. The Hall–Kier alpha value is -2.74. The first-order valence-electron chi connectivity index (χ1n) is 8.98. The van der Waals surface area contributed by atoms with Crippen LogP contribution in [0, 0.1) is 6.92 Å². The highest BCUT2D eigenvalue weighted by Crippen LogP contribution is 2.28. The summed E-state index contributed by atoms with van der Waals surface area (Å²) in [4.78, 5) is 12.5. The van der Waals surface area contributed by atoms with Gasteiger partial charge in [-0.05, 0) is 56.2 Å². The monoisotopic (exact) mass is 406 g/mol. The number of nitrogens with one attached hydrogen (secondary N) is 2. The third-order valence-electron chi connectivity index (χ3n) is 3.86. The molecule has 0 bridgehead atoms. The summed E-state index contributed by atoms with van der Waals surface area (Å²) in [6.45, 7) is 6.91. The van der Waals surface area contributed by atoms with Gasteiger partial charge in [-0.1, -0.05) is 12.1 Å². The number of sulfonamides is 1. The molecule has 0 spiro atoms. The minimum Gasteiger partial charge on any atom is -0.490 e. The Kier molecular flexibility index (Phi) is 7.28. The third kappa shape index (κ3) is 6.16. The van der Waals surface area contributed by atoms with E-state index < -0.39 is 10.0 Å². The fourth-order valence-corrected chi connectivity index (χ4v) is 3.18. The first-order chi connectivity index (χ1) is 13.2. The summed E-state index contributed by atoms with van der Waals surface area (Å²) in [5, 5.41) is 2.83. The van der Waals surface area contributed by atoms with Gasteiger partial charge in [-0.2, -0.15) is 0 Å². The molecule has 152 valence electrons. The molecule has 0 radical (unpaired) electrons. The zero-order valence-electron chi connectivity index (χ0n) is 16.5. The van der Waals surface area contributed by atoms with Gasteiger partial charge in [-0.15, -0.1) is 0 Å². The Morgan fingerprint density at radius 1 is 1.00 bits per heavy atom. The van der Waals surface area contributed by atoms with Crippen molar-refractivity contribution in [3.63, 3.8) is 0 Å². The average molecular weight is 407 g/mol. The fraction of sp³-hybridized carbons (Fsp3) is 0.350. The smallest absolute Gasteiger partial charge is 0.251 e. The Balaban J connectivity index is 2.11. The SMILES string of the molecule is CCOc1ccc(CNC(=O)c2ccc(C)c(NS(C)(=O)=O)c2)cc1OCC. The molecule has 0 atom stereocenters. The quantitative estimate of drug-likeness (QED) is 0.667. The lowest BCUT2D eigenvalue weighted by Gasteiger charge is -2.13. The Labute approximate surface area is 166 Å². The van der Waals surface area contributed by atoms with E-state index in [1.807, 2.05) is 32.0 Å². The van der Waals surface area contributed by atoms with E-state index in [1.165, 1.54) is 6.07 Å². The zero-order valence-corrected chi connectivity index (χ0v) is 17.4. The molecule has 0 unspecified atom stereocenters. The maximum atomic E-state index is 12.5. The van der Waals surface area contributed by atoms with E-state index in [-0.39, 0.29) is 5.91 Å². The van der Waals surface area contributed by atoms with Crippen LogP contribution in [-0.2, 0) is 16.6 Å². The first kappa shape index (κ1) is 21.6. The standard InChI is InChI=1S/C20H26N2O5S/c1-5-26-18-10-8-15(11-19(18)27-6-2)13-21-20(23)16-9-7-14(3)17(12-16)22-28(4,24)25/h7-12,22H,5-6,13H2,1-4H3,(H,21,23). The van der Waals surface area contributed by atoms with Crippen molar-refractivity contribution in [3.8, 4) is 11.5 Å². The number of ether oxygens (including phenoxy) is 2. The number of hydrogen-bond acceptors (Lipinski definition) is 5. The molecule has 0 aliphatic carbocycles. The second-order valence-corrected chi connectivity index (χ2v) is 7.98. The van der Waals surface area contributed by atoms with Crippen LogP contribution in [0.25, 0.3) is 0 Å². The molecule has 0 saturated heterocycles. The normalized spacial score (nSPS) is 11.0. The van der Waals surface area contributed by atoms with Gasteiger partial charge in [0, 0.05) is 12.1 Å². The molecule has 0 aliphatic rings. The van der Waals surface area contributed by atoms with Gasteiger partial charge in [-0.3, -0.25) is 9.52 Å². The second-order valence-electron chi connectivity index (χ2n) is 6.23. The summed E-state index contributed by atoms with van der Waals surface area (Å²) in [7, 11) is -3.42. The van der Waals surface area contributed by atoms with Crippen LogP contribution in [0.4, 0.5) is 5.69 Å².